The van der Waals surface area contributed by atoms with E-state index < -0.39 is 10.8 Å². The molecule has 1 aromatic heterocycles. The number of hydrogen-bond donors (Lipinski definition) is 1. The van der Waals surface area contributed by atoms with E-state index in [-0.39, 0.29) is 6.04 Å². The van der Waals surface area contributed by atoms with Crippen molar-refractivity contribution in [2.75, 3.05) is 12.0 Å². The van der Waals surface area contributed by atoms with E-state index in [1.165, 1.54) is 5.69 Å². The van der Waals surface area contributed by atoms with Crippen molar-refractivity contribution in [1.82, 2.24) is 15.1 Å². The second-order valence-corrected chi connectivity index (χ2v) is 5.14. The molecule has 0 amide bonds. The van der Waals surface area contributed by atoms with Gasteiger partial charge in [-0.3, -0.25) is 8.89 Å². The minimum atomic E-state index is -0.736. The van der Waals surface area contributed by atoms with Crippen LogP contribution in [0.3, 0.4) is 0 Å². The first kappa shape index (κ1) is 12.4. The van der Waals surface area contributed by atoms with Gasteiger partial charge in [-0.05, 0) is 19.9 Å². The van der Waals surface area contributed by atoms with Crippen LogP contribution in [0.1, 0.15) is 19.5 Å². The summed E-state index contributed by atoms with van der Waals surface area (Å²) in [5, 5.41) is 7.53. The number of nitrogens with one attached hydrogen (secondary N) is 1. The van der Waals surface area contributed by atoms with Gasteiger partial charge >= 0.3 is 0 Å². The zero-order valence-electron chi connectivity index (χ0n) is 9.56. The topological polar surface area (TPSA) is 46.9 Å². The van der Waals surface area contributed by atoms with Gasteiger partial charge in [-0.1, -0.05) is 0 Å². The Morgan fingerprint density at radius 1 is 1.67 bits per heavy atom. The lowest BCUT2D eigenvalue weighted by Crippen LogP contribution is -2.31. The first-order valence-corrected chi connectivity index (χ1v) is 6.90. The first-order chi connectivity index (χ1) is 7.13. The van der Waals surface area contributed by atoms with E-state index in [9.17, 15) is 4.21 Å². The summed E-state index contributed by atoms with van der Waals surface area (Å²) in [6, 6.07) is 2.28. The van der Waals surface area contributed by atoms with E-state index in [0.29, 0.717) is 5.75 Å². The van der Waals surface area contributed by atoms with E-state index in [2.05, 4.69) is 17.3 Å². The molecule has 15 heavy (non-hydrogen) atoms. The Morgan fingerprint density at radius 3 is 3.00 bits per heavy atom. The largest absolute Gasteiger partial charge is 0.308 e. The van der Waals surface area contributed by atoms with Gasteiger partial charge in [0.15, 0.2) is 0 Å². The van der Waals surface area contributed by atoms with Crippen LogP contribution in [0.25, 0.3) is 0 Å². The summed E-state index contributed by atoms with van der Waals surface area (Å²) in [5.74, 6) is 0.695. The van der Waals surface area contributed by atoms with Crippen LogP contribution in [0.15, 0.2) is 12.3 Å². The van der Waals surface area contributed by atoms with Crippen LogP contribution < -0.4 is 5.32 Å². The summed E-state index contributed by atoms with van der Waals surface area (Å²) < 4.78 is 13.0. The molecule has 86 valence electrons. The second kappa shape index (κ2) is 6.02. The van der Waals surface area contributed by atoms with Crippen LogP contribution in [0.5, 0.6) is 0 Å². The summed E-state index contributed by atoms with van der Waals surface area (Å²) in [5.41, 5.74) is 1.17. The molecule has 0 aliphatic rings. The van der Waals surface area contributed by atoms with E-state index in [1.807, 2.05) is 23.9 Å². The van der Waals surface area contributed by atoms with Crippen LogP contribution in [0, 0.1) is 0 Å². The Morgan fingerprint density at radius 2 is 2.40 bits per heavy atom. The lowest BCUT2D eigenvalue weighted by Gasteiger charge is -2.12. The zero-order valence-corrected chi connectivity index (χ0v) is 10.4. The van der Waals surface area contributed by atoms with Crippen LogP contribution in [0.2, 0.25) is 0 Å². The lowest BCUT2D eigenvalue weighted by molar-refractivity contribution is 0.541. The smallest absolute Gasteiger partial charge is 0.0522 e. The van der Waals surface area contributed by atoms with E-state index in [1.54, 1.807) is 6.26 Å². The molecule has 0 radical (unpaired) electrons. The van der Waals surface area contributed by atoms with Gasteiger partial charge in [0.1, 0.15) is 0 Å². The monoisotopic (exact) mass is 229 g/mol. The quantitative estimate of drug-likeness (QED) is 0.783. The fraction of sp³-hybridized carbons (Fsp3) is 0.700. The number of hydrogen-bond acceptors (Lipinski definition) is 3. The van der Waals surface area contributed by atoms with Gasteiger partial charge in [0.25, 0.3) is 0 Å². The fourth-order valence-corrected chi connectivity index (χ4v) is 2.31. The zero-order chi connectivity index (χ0) is 11.3. The molecule has 0 bridgehead atoms. The van der Waals surface area contributed by atoms with Crippen LogP contribution in [0.4, 0.5) is 0 Å². The average molecular weight is 229 g/mol. The third-order valence-electron chi connectivity index (χ3n) is 2.22. The summed E-state index contributed by atoms with van der Waals surface area (Å²) in [7, 11) is -0.736. The normalized spacial score (nSPS) is 15.1. The van der Waals surface area contributed by atoms with Crippen molar-refractivity contribution in [3.05, 3.63) is 18.0 Å². The maximum absolute atomic E-state index is 11.0. The van der Waals surface area contributed by atoms with Crippen molar-refractivity contribution in [3.8, 4) is 0 Å². The maximum Gasteiger partial charge on any atom is 0.0522 e. The molecule has 0 spiro atoms. The van der Waals surface area contributed by atoms with Crippen molar-refractivity contribution in [2.45, 2.75) is 33.0 Å². The molecule has 0 aliphatic heterocycles. The van der Waals surface area contributed by atoms with E-state index in [0.717, 1.165) is 13.1 Å². The number of nitrogens with zero attached hydrogens (tertiary/aromatic N) is 2. The standard InChI is InChI=1S/C10H19N3OS/c1-4-13-10(5-6-12-13)7-11-9(2)8-15(3)14/h5-6,9,11H,4,7-8H2,1-3H3. The molecule has 5 heteroatoms. The Balaban J connectivity index is 2.39. The predicted octanol–water partition coefficient (Wildman–Crippen LogP) is 0.760. The minimum absolute atomic E-state index is 0.274. The lowest BCUT2D eigenvalue weighted by atomic mass is 10.3. The highest BCUT2D eigenvalue weighted by molar-refractivity contribution is 7.84. The van der Waals surface area contributed by atoms with E-state index >= 15 is 0 Å². The van der Waals surface area contributed by atoms with Crippen LogP contribution in [-0.2, 0) is 23.9 Å². The highest BCUT2D eigenvalue weighted by Gasteiger charge is 2.05. The molecule has 0 fully saturated rings. The average Bonchev–Trinajstić information content (AvgIpc) is 2.60. The fourth-order valence-electron chi connectivity index (χ4n) is 1.48. The van der Waals surface area contributed by atoms with Gasteiger partial charge in [0.05, 0.1) is 5.69 Å². The number of aromatic nitrogens is 2. The Hall–Kier alpha value is -0.680. The van der Waals surface area contributed by atoms with Gasteiger partial charge in [0, 0.05) is 48.1 Å². The highest BCUT2D eigenvalue weighted by Crippen LogP contribution is 1.99. The molecule has 0 aromatic carbocycles. The molecular weight excluding hydrogens is 210 g/mol. The van der Waals surface area contributed by atoms with Gasteiger partial charge in [0.2, 0.25) is 0 Å². The summed E-state index contributed by atoms with van der Waals surface area (Å²) in [6.07, 6.45) is 3.54. The third-order valence-corrected chi connectivity index (χ3v) is 3.19. The van der Waals surface area contributed by atoms with E-state index in [4.69, 9.17) is 0 Å². The van der Waals surface area contributed by atoms with Crippen molar-refractivity contribution in [3.63, 3.8) is 0 Å². The molecule has 0 aliphatic carbocycles. The number of aryl methyl sites for hydroxylation is 1. The Bertz CT molecular complexity index is 324. The molecule has 1 heterocycles. The first-order valence-electron chi connectivity index (χ1n) is 5.17. The molecule has 2 unspecified atom stereocenters. The molecule has 4 nitrogen and oxygen atoms in total. The van der Waals surface area contributed by atoms with Gasteiger partial charge < -0.3 is 5.32 Å². The highest BCUT2D eigenvalue weighted by atomic mass is 32.2. The van der Waals surface area contributed by atoms with Crippen molar-refractivity contribution in [1.29, 1.82) is 0 Å². The molecule has 2 atom stereocenters. The maximum atomic E-state index is 11.0. The van der Waals surface area contributed by atoms with Gasteiger partial charge in [-0.15, -0.1) is 0 Å². The molecule has 1 aromatic rings. The summed E-state index contributed by atoms with van der Waals surface area (Å²) >= 11 is 0. The van der Waals surface area contributed by atoms with Crippen molar-refractivity contribution >= 4 is 10.8 Å². The summed E-state index contributed by atoms with van der Waals surface area (Å²) in [4.78, 5) is 0. The van der Waals surface area contributed by atoms with Gasteiger partial charge in [-0.25, -0.2) is 0 Å². The van der Waals surface area contributed by atoms with Crippen LogP contribution >= 0.6 is 0 Å². The SMILES string of the molecule is CCn1nccc1CNC(C)CS(C)=O. The molecule has 1 rings (SSSR count). The predicted molar refractivity (Wildman–Crippen MR) is 63.1 cm³/mol. The second-order valence-electron chi connectivity index (χ2n) is 3.66. The molecule has 0 saturated heterocycles. The van der Waals surface area contributed by atoms with Crippen LogP contribution in [-0.4, -0.2) is 32.0 Å². The Labute approximate surface area is 93.5 Å². The molecule has 1 N–H and O–H groups in total. The molecule has 0 saturated carbocycles. The summed E-state index contributed by atoms with van der Waals surface area (Å²) in [6.45, 7) is 5.79. The number of rotatable bonds is 6. The minimum Gasteiger partial charge on any atom is -0.308 e. The Kier molecular flexibility index (Phi) is 4.98. The van der Waals surface area contributed by atoms with Crippen molar-refractivity contribution < 1.29 is 4.21 Å². The third kappa shape index (κ3) is 4.13. The van der Waals surface area contributed by atoms with Gasteiger partial charge in [-0.2, -0.15) is 5.10 Å². The molecular formula is C10H19N3OS. The van der Waals surface area contributed by atoms with Crippen molar-refractivity contribution in [2.24, 2.45) is 0 Å².